The number of fused-ring (bicyclic) bond motifs is 3. The molecule has 4 heteroatoms. The van der Waals surface area contributed by atoms with Gasteiger partial charge in [-0.05, 0) is 25.0 Å². The highest BCUT2D eigenvalue weighted by Gasteiger charge is 2.39. The van der Waals surface area contributed by atoms with E-state index in [9.17, 15) is 4.79 Å². The first-order chi connectivity index (χ1) is 9.03. The predicted molar refractivity (Wildman–Crippen MR) is 72.2 cm³/mol. The molecule has 0 saturated heterocycles. The van der Waals surface area contributed by atoms with Gasteiger partial charge in [-0.2, -0.15) is 0 Å². The minimum Gasteiger partial charge on any atom is -0.481 e. The predicted octanol–water partition coefficient (Wildman–Crippen LogP) is 2.44. The number of hydrogen-bond donors (Lipinski definition) is 1. The first-order valence-electron chi connectivity index (χ1n) is 6.45. The second kappa shape index (κ2) is 4.10. The van der Waals surface area contributed by atoms with Crippen LogP contribution >= 0.6 is 0 Å². The van der Waals surface area contributed by atoms with E-state index in [4.69, 9.17) is 9.84 Å². The van der Waals surface area contributed by atoms with Crippen LogP contribution in [0.3, 0.4) is 0 Å². The third kappa shape index (κ3) is 1.75. The molecule has 0 amide bonds. The van der Waals surface area contributed by atoms with Crippen molar-refractivity contribution in [3.63, 3.8) is 0 Å². The van der Waals surface area contributed by atoms with Gasteiger partial charge in [-0.3, -0.25) is 4.79 Å². The molecule has 1 N–H and O–H groups in total. The Labute approximate surface area is 111 Å². The number of para-hydroxylation sites is 1. The topological polar surface area (TPSA) is 51.5 Å². The molecule has 4 nitrogen and oxygen atoms in total. The number of hydrogen-bond acceptors (Lipinski definition) is 2. The number of ether oxygens (including phenoxy) is 1. The Morgan fingerprint density at radius 3 is 2.95 bits per heavy atom. The molecule has 0 aliphatic carbocycles. The Kier molecular flexibility index (Phi) is 2.64. The fourth-order valence-electron chi connectivity index (χ4n) is 3.27. The van der Waals surface area contributed by atoms with Crippen LogP contribution in [0.2, 0.25) is 0 Å². The molecule has 100 valence electrons. The minimum absolute atomic E-state index is 0.00976. The minimum atomic E-state index is -0.833. The van der Waals surface area contributed by atoms with E-state index < -0.39 is 11.6 Å². The number of nitrogens with zero attached hydrogens (tertiary/aromatic N) is 1. The monoisotopic (exact) mass is 259 g/mol. The van der Waals surface area contributed by atoms with Crippen LogP contribution in [-0.2, 0) is 28.6 Å². The number of carbonyl (C=O) groups is 1. The average Bonchev–Trinajstić information content (AvgIpc) is 2.64. The molecular weight excluding hydrogens is 242 g/mol. The van der Waals surface area contributed by atoms with Crippen molar-refractivity contribution in [3.05, 3.63) is 35.5 Å². The number of carboxylic acids is 1. The van der Waals surface area contributed by atoms with Gasteiger partial charge in [-0.25, -0.2) is 0 Å². The van der Waals surface area contributed by atoms with E-state index >= 15 is 0 Å². The van der Waals surface area contributed by atoms with Gasteiger partial charge in [0.1, 0.15) is 5.60 Å². The molecule has 0 fully saturated rings. The van der Waals surface area contributed by atoms with E-state index in [0.29, 0.717) is 6.61 Å². The summed E-state index contributed by atoms with van der Waals surface area (Å²) >= 11 is 0. The number of rotatable bonds is 2. The average molecular weight is 259 g/mol. The summed E-state index contributed by atoms with van der Waals surface area (Å²) in [6, 6.07) is 8.19. The van der Waals surface area contributed by atoms with Gasteiger partial charge < -0.3 is 14.4 Å². The second-order valence-corrected chi connectivity index (χ2v) is 5.30. The summed E-state index contributed by atoms with van der Waals surface area (Å²) < 4.78 is 7.89. The largest absolute Gasteiger partial charge is 0.481 e. The molecule has 1 aromatic carbocycles. The molecule has 2 heterocycles. The van der Waals surface area contributed by atoms with Crippen molar-refractivity contribution in [2.24, 2.45) is 7.05 Å². The summed E-state index contributed by atoms with van der Waals surface area (Å²) in [6.45, 7) is 2.45. The molecule has 1 aliphatic heterocycles. The van der Waals surface area contributed by atoms with Crippen molar-refractivity contribution < 1.29 is 14.6 Å². The van der Waals surface area contributed by atoms with E-state index in [1.54, 1.807) is 0 Å². The lowest BCUT2D eigenvalue weighted by Crippen LogP contribution is -2.36. The van der Waals surface area contributed by atoms with E-state index in [-0.39, 0.29) is 6.42 Å². The fourth-order valence-corrected chi connectivity index (χ4v) is 3.27. The zero-order valence-corrected chi connectivity index (χ0v) is 11.1. The summed E-state index contributed by atoms with van der Waals surface area (Å²) in [4.78, 5) is 11.1. The van der Waals surface area contributed by atoms with Crippen LogP contribution < -0.4 is 0 Å². The van der Waals surface area contributed by atoms with Gasteiger partial charge in [0.2, 0.25) is 0 Å². The quantitative estimate of drug-likeness (QED) is 0.901. The van der Waals surface area contributed by atoms with Crippen LogP contribution in [0.4, 0.5) is 0 Å². The Balaban J connectivity index is 2.27. The summed E-state index contributed by atoms with van der Waals surface area (Å²) in [5, 5.41) is 10.3. The summed E-state index contributed by atoms with van der Waals surface area (Å²) in [5.74, 6) is -0.833. The number of aryl methyl sites for hydroxylation is 1. The molecule has 1 aromatic heterocycles. The van der Waals surface area contributed by atoms with Crippen LogP contribution in [0.1, 0.15) is 24.6 Å². The van der Waals surface area contributed by atoms with E-state index in [1.807, 2.05) is 26.1 Å². The van der Waals surface area contributed by atoms with Crippen molar-refractivity contribution in [1.82, 2.24) is 4.57 Å². The second-order valence-electron chi connectivity index (χ2n) is 5.30. The maximum Gasteiger partial charge on any atom is 0.306 e. The highest BCUT2D eigenvalue weighted by Crippen LogP contribution is 2.40. The lowest BCUT2D eigenvalue weighted by molar-refractivity contribution is -0.146. The third-order valence-corrected chi connectivity index (χ3v) is 3.97. The lowest BCUT2D eigenvalue weighted by Gasteiger charge is -2.34. The van der Waals surface area contributed by atoms with Crippen LogP contribution in [0.15, 0.2) is 24.3 Å². The van der Waals surface area contributed by atoms with Crippen LogP contribution in [0.25, 0.3) is 10.9 Å². The standard InChI is InChI=1S/C15H17NO3/c1-15(9-13(17)18)14-11(7-8-19-15)10-5-3-4-6-12(10)16(14)2/h3-6H,7-9H2,1-2H3,(H,17,18). The number of aromatic nitrogens is 1. The van der Waals surface area contributed by atoms with Crippen LogP contribution in [0, 0.1) is 0 Å². The molecule has 19 heavy (non-hydrogen) atoms. The molecule has 0 radical (unpaired) electrons. The number of carboxylic acid groups (broad SMARTS) is 1. The zero-order valence-electron chi connectivity index (χ0n) is 11.1. The van der Waals surface area contributed by atoms with E-state index in [0.717, 1.165) is 17.6 Å². The summed E-state index contributed by atoms with van der Waals surface area (Å²) in [6.07, 6.45) is 0.829. The van der Waals surface area contributed by atoms with E-state index in [2.05, 4.69) is 16.7 Å². The first-order valence-corrected chi connectivity index (χ1v) is 6.45. The van der Waals surface area contributed by atoms with E-state index in [1.165, 1.54) is 10.9 Å². The molecule has 0 spiro atoms. The van der Waals surface area contributed by atoms with Crippen molar-refractivity contribution >= 4 is 16.9 Å². The van der Waals surface area contributed by atoms with Crippen molar-refractivity contribution in [2.45, 2.75) is 25.4 Å². The summed E-state index contributed by atoms with van der Waals surface area (Å²) in [7, 11) is 1.98. The molecule has 2 aromatic rings. The molecular formula is C15H17NO3. The highest BCUT2D eigenvalue weighted by atomic mass is 16.5. The molecule has 0 bridgehead atoms. The van der Waals surface area contributed by atoms with Gasteiger partial charge in [0, 0.05) is 18.0 Å². The third-order valence-electron chi connectivity index (χ3n) is 3.97. The van der Waals surface area contributed by atoms with Gasteiger partial charge >= 0.3 is 5.97 Å². The Hall–Kier alpha value is -1.81. The number of aliphatic carboxylic acids is 1. The smallest absolute Gasteiger partial charge is 0.306 e. The zero-order chi connectivity index (χ0) is 13.6. The molecule has 0 saturated carbocycles. The molecule has 3 rings (SSSR count). The van der Waals surface area contributed by atoms with Crippen LogP contribution in [-0.4, -0.2) is 22.2 Å². The lowest BCUT2D eigenvalue weighted by atomic mass is 9.90. The van der Waals surface area contributed by atoms with Gasteiger partial charge in [0.15, 0.2) is 0 Å². The van der Waals surface area contributed by atoms with Crippen LogP contribution in [0.5, 0.6) is 0 Å². The Bertz CT molecular complexity index is 659. The molecule has 1 atom stereocenters. The van der Waals surface area contributed by atoms with Gasteiger partial charge in [0.25, 0.3) is 0 Å². The Morgan fingerprint density at radius 1 is 1.47 bits per heavy atom. The molecule has 1 unspecified atom stereocenters. The SMILES string of the molecule is Cn1c2c(c3ccccc31)CCOC2(C)CC(=O)O. The fraction of sp³-hybridized carbons (Fsp3) is 0.400. The maximum atomic E-state index is 11.1. The van der Waals surface area contributed by atoms with Crippen molar-refractivity contribution in [3.8, 4) is 0 Å². The van der Waals surface area contributed by atoms with Gasteiger partial charge in [0.05, 0.1) is 18.7 Å². The van der Waals surface area contributed by atoms with Gasteiger partial charge in [-0.15, -0.1) is 0 Å². The molecule has 1 aliphatic rings. The summed E-state index contributed by atoms with van der Waals surface area (Å²) in [5.41, 5.74) is 2.62. The first kappa shape index (κ1) is 12.2. The Morgan fingerprint density at radius 2 is 2.21 bits per heavy atom. The number of benzene rings is 1. The highest BCUT2D eigenvalue weighted by molar-refractivity contribution is 5.86. The normalized spacial score (nSPS) is 22.4. The van der Waals surface area contributed by atoms with Crippen molar-refractivity contribution in [1.29, 1.82) is 0 Å². The van der Waals surface area contributed by atoms with Crippen molar-refractivity contribution in [2.75, 3.05) is 6.61 Å². The van der Waals surface area contributed by atoms with Gasteiger partial charge in [-0.1, -0.05) is 18.2 Å². The maximum absolute atomic E-state index is 11.1.